The van der Waals surface area contributed by atoms with Gasteiger partial charge in [0.15, 0.2) is 5.65 Å². The minimum absolute atomic E-state index is 0.138. The van der Waals surface area contributed by atoms with E-state index in [-0.39, 0.29) is 23.3 Å². The minimum Gasteiger partial charge on any atom is -0.376 e. The minimum atomic E-state index is -4.40. The Morgan fingerprint density at radius 2 is 1.91 bits per heavy atom. The first kappa shape index (κ1) is 21.5. The van der Waals surface area contributed by atoms with Crippen molar-refractivity contribution in [3.05, 3.63) is 42.2 Å². The summed E-state index contributed by atoms with van der Waals surface area (Å²) in [4.78, 5) is 11.3. The fourth-order valence-corrected chi connectivity index (χ4v) is 5.36. The first-order chi connectivity index (χ1) is 16.4. The molecule has 11 heteroatoms. The Kier molecular flexibility index (Phi) is 5.05. The highest BCUT2D eigenvalue weighted by Gasteiger charge is 2.47. The smallest absolute Gasteiger partial charge is 0.376 e. The van der Waals surface area contributed by atoms with Crippen LogP contribution in [0, 0.1) is 0 Å². The number of pyridine rings is 2. The molecule has 0 bridgehead atoms. The fraction of sp³-hybridized carbons (Fsp3) is 0.522. The molecule has 2 atom stereocenters. The molecule has 1 aliphatic carbocycles. The summed E-state index contributed by atoms with van der Waals surface area (Å²) < 4.78 is 45.6. The van der Waals surface area contributed by atoms with Crippen LogP contribution in [0.15, 0.2) is 36.7 Å². The van der Waals surface area contributed by atoms with Crippen LogP contribution in [0.2, 0.25) is 0 Å². The van der Waals surface area contributed by atoms with Gasteiger partial charge in [-0.3, -0.25) is 0 Å². The van der Waals surface area contributed by atoms with Crippen molar-refractivity contribution in [2.45, 2.75) is 55.9 Å². The number of aromatic nitrogens is 4. The maximum Gasteiger partial charge on any atom is 0.416 e. The third-order valence-corrected chi connectivity index (χ3v) is 7.18. The van der Waals surface area contributed by atoms with Gasteiger partial charge < -0.3 is 20.3 Å². The molecule has 180 valence electrons. The van der Waals surface area contributed by atoms with Crippen molar-refractivity contribution >= 4 is 23.1 Å². The molecule has 1 spiro atoms. The van der Waals surface area contributed by atoms with Crippen molar-refractivity contribution in [3.63, 3.8) is 0 Å². The maximum atomic E-state index is 12.9. The van der Waals surface area contributed by atoms with E-state index in [1.54, 1.807) is 0 Å². The second-order valence-electron chi connectivity index (χ2n) is 9.52. The molecule has 3 aromatic heterocycles. The van der Waals surface area contributed by atoms with E-state index in [0.717, 1.165) is 62.7 Å². The zero-order valence-corrected chi connectivity index (χ0v) is 18.6. The van der Waals surface area contributed by atoms with Crippen LogP contribution in [0.4, 0.5) is 30.6 Å². The SMILES string of the molecule is FC(F)(F)c1ccn2nc(N[C@H]3CC[C@H](Nc4ccc(N5CCCC56COC6)cn4)C3)nc2c1. The molecule has 1 saturated carbocycles. The Bertz CT molecular complexity index is 1180. The Morgan fingerprint density at radius 1 is 1.09 bits per heavy atom. The Hall–Kier alpha value is -3.08. The standard InChI is InChI=1S/C23H26F3N7O/c24-23(25,26)15-6-9-33-20(10-15)30-21(31-33)29-17-3-2-16(11-17)28-19-5-4-18(12-27-19)32-8-1-7-22(32)13-34-14-22/h4-6,9-10,12,16-17H,1-3,7-8,11,13-14H2,(H,27,28)(H,29,31)/t16-,17-/m0/s1. The Labute approximate surface area is 194 Å². The lowest BCUT2D eigenvalue weighted by molar-refractivity contribution is -0.137. The normalized spacial score (nSPS) is 24.0. The van der Waals surface area contributed by atoms with Gasteiger partial charge >= 0.3 is 6.18 Å². The fourth-order valence-electron chi connectivity index (χ4n) is 5.36. The summed E-state index contributed by atoms with van der Waals surface area (Å²) in [7, 11) is 0. The molecule has 2 N–H and O–H groups in total. The number of anilines is 3. The average Bonchev–Trinajstić information content (AvgIpc) is 3.50. The second-order valence-corrected chi connectivity index (χ2v) is 9.52. The molecule has 8 nitrogen and oxygen atoms in total. The van der Waals surface area contributed by atoms with Gasteiger partial charge in [-0.15, -0.1) is 5.10 Å². The van der Waals surface area contributed by atoms with Gasteiger partial charge in [0.2, 0.25) is 5.95 Å². The predicted octanol–water partition coefficient (Wildman–Crippen LogP) is 3.96. The lowest BCUT2D eigenvalue weighted by Crippen LogP contribution is -2.59. The van der Waals surface area contributed by atoms with Crippen LogP contribution >= 0.6 is 0 Å². The van der Waals surface area contributed by atoms with E-state index in [4.69, 9.17) is 4.74 Å². The molecule has 5 heterocycles. The highest BCUT2D eigenvalue weighted by Crippen LogP contribution is 2.39. The number of fused-ring (bicyclic) bond motifs is 1. The molecule has 3 aromatic rings. The summed E-state index contributed by atoms with van der Waals surface area (Å²) >= 11 is 0. The topological polar surface area (TPSA) is 79.6 Å². The number of ether oxygens (including phenoxy) is 1. The van der Waals surface area contributed by atoms with Gasteiger partial charge in [-0.2, -0.15) is 18.2 Å². The van der Waals surface area contributed by atoms with Gasteiger partial charge in [0.1, 0.15) is 5.82 Å². The van der Waals surface area contributed by atoms with Gasteiger partial charge in [0, 0.05) is 24.8 Å². The number of hydrogen-bond acceptors (Lipinski definition) is 7. The molecule has 2 aliphatic heterocycles. The lowest BCUT2D eigenvalue weighted by atomic mass is 9.94. The van der Waals surface area contributed by atoms with Crippen LogP contribution in [0.5, 0.6) is 0 Å². The summed E-state index contributed by atoms with van der Waals surface area (Å²) in [6.45, 7) is 2.64. The molecule has 6 rings (SSSR count). The van der Waals surface area contributed by atoms with Crippen molar-refractivity contribution in [1.29, 1.82) is 0 Å². The number of hydrogen-bond donors (Lipinski definition) is 2. The third-order valence-electron chi connectivity index (χ3n) is 7.18. The van der Waals surface area contributed by atoms with E-state index in [1.165, 1.54) is 23.6 Å². The van der Waals surface area contributed by atoms with Gasteiger partial charge in [-0.05, 0) is 56.4 Å². The molecule has 34 heavy (non-hydrogen) atoms. The van der Waals surface area contributed by atoms with Gasteiger partial charge in [-0.25, -0.2) is 9.50 Å². The van der Waals surface area contributed by atoms with E-state index in [1.807, 2.05) is 12.3 Å². The molecule has 0 amide bonds. The van der Waals surface area contributed by atoms with Crippen LogP contribution in [-0.2, 0) is 10.9 Å². The quantitative estimate of drug-likeness (QED) is 0.581. The van der Waals surface area contributed by atoms with Gasteiger partial charge in [-0.1, -0.05) is 0 Å². The highest BCUT2D eigenvalue weighted by atomic mass is 19.4. The monoisotopic (exact) mass is 473 g/mol. The molecule has 0 radical (unpaired) electrons. The number of halogens is 3. The summed E-state index contributed by atoms with van der Waals surface area (Å²) in [5, 5.41) is 11.0. The van der Waals surface area contributed by atoms with E-state index in [2.05, 4.69) is 36.7 Å². The van der Waals surface area contributed by atoms with E-state index < -0.39 is 11.7 Å². The predicted molar refractivity (Wildman–Crippen MR) is 121 cm³/mol. The molecule has 3 aliphatic rings. The van der Waals surface area contributed by atoms with Crippen LogP contribution in [-0.4, -0.2) is 57.0 Å². The molecular formula is C23H26F3N7O. The van der Waals surface area contributed by atoms with Crippen LogP contribution < -0.4 is 15.5 Å². The van der Waals surface area contributed by atoms with Crippen molar-refractivity contribution in [2.24, 2.45) is 0 Å². The number of alkyl halides is 3. The van der Waals surface area contributed by atoms with E-state index in [0.29, 0.717) is 5.95 Å². The zero-order valence-electron chi connectivity index (χ0n) is 18.6. The van der Waals surface area contributed by atoms with Gasteiger partial charge in [0.25, 0.3) is 0 Å². The lowest BCUT2D eigenvalue weighted by Gasteiger charge is -2.46. The van der Waals surface area contributed by atoms with Crippen LogP contribution in [0.1, 0.15) is 37.7 Å². The largest absolute Gasteiger partial charge is 0.416 e. The molecule has 3 fully saturated rings. The Balaban J connectivity index is 1.06. The molecule has 0 aromatic carbocycles. The van der Waals surface area contributed by atoms with Gasteiger partial charge in [0.05, 0.1) is 36.2 Å². The average molecular weight is 474 g/mol. The molecule has 0 unspecified atom stereocenters. The molecule has 2 saturated heterocycles. The molecular weight excluding hydrogens is 447 g/mol. The Morgan fingerprint density at radius 3 is 2.62 bits per heavy atom. The van der Waals surface area contributed by atoms with E-state index in [9.17, 15) is 13.2 Å². The maximum absolute atomic E-state index is 12.9. The number of nitrogens with one attached hydrogen (secondary N) is 2. The summed E-state index contributed by atoms with van der Waals surface area (Å²) in [6.07, 6.45) is 3.90. The number of nitrogens with zero attached hydrogens (tertiary/aromatic N) is 5. The summed E-state index contributed by atoms with van der Waals surface area (Å²) in [5.41, 5.74) is 0.747. The summed E-state index contributed by atoms with van der Waals surface area (Å²) in [5.74, 6) is 1.19. The van der Waals surface area contributed by atoms with Crippen molar-refractivity contribution in [3.8, 4) is 0 Å². The zero-order chi connectivity index (χ0) is 23.3. The van der Waals surface area contributed by atoms with E-state index >= 15 is 0 Å². The number of rotatable bonds is 5. The first-order valence-corrected chi connectivity index (χ1v) is 11.7. The second kappa shape index (κ2) is 8.00. The van der Waals surface area contributed by atoms with Crippen LogP contribution in [0.3, 0.4) is 0 Å². The summed E-state index contributed by atoms with van der Waals surface area (Å²) in [6, 6.07) is 6.56. The third kappa shape index (κ3) is 3.91. The van der Waals surface area contributed by atoms with Crippen LogP contribution in [0.25, 0.3) is 5.65 Å². The van der Waals surface area contributed by atoms with Crippen molar-refractivity contribution in [1.82, 2.24) is 19.6 Å². The van der Waals surface area contributed by atoms with Crippen molar-refractivity contribution < 1.29 is 17.9 Å². The first-order valence-electron chi connectivity index (χ1n) is 11.7. The van der Waals surface area contributed by atoms with Crippen molar-refractivity contribution in [2.75, 3.05) is 35.3 Å². The highest BCUT2D eigenvalue weighted by molar-refractivity contribution is 5.53.